The lowest BCUT2D eigenvalue weighted by Crippen LogP contribution is -2.40. The maximum absolute atomic E-state index is 12.2. The van der Waals surface area contributed by atoms with Crippen molar-refractivity contribution in [3.05, 3.63) is 22.5 Å². The number of aryl methyl sites for hydroxylation is 1. The maximum atomic E-state index is 12.2. The highest BCUT2D eigenvalue weighted by molar-refractivity contribution is 6.00. The lowest BCUT2D eigenvalue weighted by molar-refractivity contribution is -0.120. The van der Waals surface area contributed by atoms with E-state index in [0.717, 1.165) is 19.6 Å². The van der Waals surface area contributed by atoms with Gasteiger partial charge in [-0.25, -0.2) is 0 Å². The number of nitrogens with zero attached hydrogens (tertiary/aromatic N) is 1. The van der Waals surface area contributed by atoms with Crippen molar-refractivity contribution in [1.82, 2.24) is 20.5 Å². The molecule has 0 saturated heterocycles. The molecule has 0 spiro atoms. The number of H-pyrrole nitrogens is 1. The molecule has 1 rings (SSSR count). The summed E-state index contributed by atoms with van der Waals surface area (Å²) in [4.78, 5) is 39.8. The van der Waals surface area contributed by atoms with Gasteiger partial charge in [0, 0.05) is 18.8 Å². The number of rotatable bonds is 9. The monoisotopic (exact) mass is 322 g/mol. The zero-order valence-corrected chi connectivity index (χ0v) is 14.3. The van der Waals surface area contributed by atoms with E-state index in [1.807, 2.05) is 0 Å². The number of aromatic nitrogens is 1. The van der Waals surface area contributed by atoms with Crippen molar-refractivity contribution >= 4 is 18.1 Å². The van der Waals surface area contributed by atoms with Gasteiger partial charge in [-0.2, -0.15) is 0 Å². The minimum absolute atomic E-state index is 0.0857. The maximum Gasteiger partial charge on any atom is 0.253 e. The highest BCUT2D eigenvalue weighted by Gasteiger charge is 2.18. The fourth-order valence-electron chi connectivity index (χ4n) is 2.44. The van der Waals surface area contributed by atoms with E-state index >= 15 is 0 Å². The second kappa shape index (κ2) is 9.09. The summed E-state index contributed by atoms with van der Waals surface area (Å²) in [6, 6.07) is 0. The van der Waals surface area contributed by atoms with Crippen LogP contribution in [0.4, 0.5) is 0 Å². The predicted molar refractivity (Wildman–Crippen MR) is 88.8 cm³/mol. The van der Waals surface area contributed by atoms with Gasteiger partial charge in [0.15, 0.2) is 6.29 Å². The molecule has 2 amide bonds. The van der Waals surface area contributed by atoms with E-state index in [9.17, 15) is 14.4 Å². The molecule has 23 heavy (non-hydrogen) atoms. The number of hydrogen-bond acceptors (Lipinski definition) is 4. The van der Waals surface area contributed by atoms with Gasteiger partial charge in [-0.15, -0.1) is 0 Å². The molecule has 0 atom stereocenters. The van der Waals surface area contributed by atoms with Crippen LogP contribution in [-0.4, -0.2) is 60.7 Å². The molecular weight excluding hydrogens is 296 g/mol. The van der Waals surface area contributed by atoms with Crippen LogP contribution < -0.4 is 10.6 Å². The lowest BCUT2D eigenvalue weighted by Gasteiger charge is -2.18. The Morgan fingerprint density at radius 3 is 2.35 bits per heavy atom. The van der Waals surface area contributed by atoms with Crippen LogP contribution in [0.5, 0.6) is 0 Å². The molecule has 7 nitrogen and oxygen atoms in total. The van der Waals surface area contributed by atoms with E-state index in [-0.39, 0.29) is 18.4 Å². The van der Waals surface area contributed by atoms with E-state index < -0.39 is 0 Å². The molecule has 0 radical (unpaired) electrons. The molecule has 0 aliphatic heterocycles. The van der Waals surface area contributed by atoms with E-state index in [0.29, 0.717) is 35.3 Å². The Hall–Kier alpha value is -2.15. The molecule has 0 fully saturated rings. The van der Waals surface area contributed by atoms with Crippen LogP contribution in [0.1, 0.15) is 46.0 Å². The van der Waals surface area contributed by atoms with Gasteiger partial charge in [-0.3, -0.25) is 14.4 Å². The van der Waals surface area contributed by atoms with Gasteiger partial charge in [0.05, 0.1) is 17.8 Å². The van der Waals surface area contributed by atoms with Gasteiger partial charge in [-0.05, 0) is 32.5 Å². The first-order chi connectivity index (χ1) is 10.9. The first-order valence-corrected chi connectivity index (χ1v) is 7.86. The fraction of sp³-hybridized carbons (Fsp3) is 0.562. The van der Waals surface area contributed by atoms with Gasteiger partial charge >= 0.3 is 0 Å². The highest BCUT2D eigenvalue weighted by atomic mass is 16.2. The Bertz CT molecular complexity index is 562. The van der Waals surface area contributed by atoms with Crippen molar-refractivity contribution in [3.8, 4) is 0 Å². The first kappa shape index (κ1) is 18.9. The Morgan fingerprint density at radius 2 is 1.83 bits per heavy atom. The van der Waals surface area contributed by atoms with Crippen LogP contribution in [0.25, 0.3) is 0 Å². The summed E-state index contributed by atoms with van der Waals surface area (Å²) < 4.78 is 0. The summed E-state index contributed by atoms with van der Waals surface area (Å²) in [5, 5.41) is 5.36. The first-order valence-electron chi connectivity index (χ1n) is 7.86. The number of aromatic amines is 1. The topological polar surface area (TPSA) is 94.3 Å². The minimum atomic E-state index is -0.358. The summed E-state index contributed by atoms with van der Waals surface area (Å²) in [6.07, 6.45) is 0.680. The lowest BCUT2D eigenvalue weighted by atomic mass is 10.1. The molecule has 128 valence electrons. The average Bonchev–Trinajstić information content (AvgIpc) is 2.83. The molecule has 0 aliphatic carbocycles. The molecule has 0 bridgehead atoms. The predicted octanol–water partition coefficient (Wildman–Crippen LogP) is 0.632. The summed E-state index contributed by atoms with van der Waals surface area (Å²) in [7, 11) is 0. The van der Waals surface area contributed by atoms with Crippen LogP contribution >= 0.6 is 0 Å². The van der Waals surface area contributed by atoms with E-state index in [1.165, 1.54) is 0 Å². The second-order valence-electron chi connectivity index (χ2n) is 5.34. The van der Waals surface area contributed by atoms with Crippen molar-refractivity contribution in [2.24, 2.45) is 0 Å². The van der Waals surface area contributed by atoms with Crippen LogP contribution in [0.3, 0.4) is 0 Å². The summed E-state index contributed by atoms with van der Waals surface area (Å²) in [5.74, 6) is -0.588. The van der Waals surface area contributed by atoms with Crippen molar-refractivity contribution in [2.75, 3.05) is 32.7 Å². The Kier molecular flexibility index (Phi) is 7.47. The molecule has 1 aromatic heterocycles. The van der Waals surface area contributed by atoms with Crippen molar-refractivity contribution in [3.63, 3.8) is 0 Å². The molecule has 7 heteroatoms. The number of carbonyl (C=O) groups excluding carboxylic acids is 3. The van der Waals surface area contributed by atoms with Crippen molar-refractivity contribution in [1.29, 1.82) is 0 Å². The van der Waals surface area contributed by atoms with Crippen molar-refractivity contribution in [2.45, 2.75) is 27.7 Å². The fourth-order valence-corrected chi connectivity index (χ4v) is 2.44. The normalized spacial score (nSPS) is 10.7. The van der Waals surface area contributed by atoms with E-state index in [1.54, 1.807) is 13.8 Å². The average molecular weight is 322 g/mol. The number of nitrogens with one attached hydrogen (secondary N) is 3. The van der Waals surface area contributed by atoms with E-state index in [2.05, 4.69) is 34.4 Å². The zero-order chi connectivity index (χ0) is 17.4. The quantitative estimate of drug-likeness (QED) is 0.581. The molecule has 0 aromatic carbocycles. The second-order valence-corrected chi connectivity index (χ2v) is 5.34. The third-order valence-corrected chi connectivity index (χ3v) is 3.88. The Balaban J connectivity index is 2.46. The molecule has 3 N–H and O–H groups in total. The van der Waals surface area contributed by atoms with Crippen LogP contribution in [-0.2, 0) is 4.79 Å². The standard InChI is InChI=1S/C16H26N4O3/c1-5-20(6-2)8-7-17-14(22)9-18-16(23)15-11(3)13(10-21)19-12(15)4/h10,19H,5-9H2,1-4H3,(H,17,22)(H,18,23). The van der Waals surface area contributed by atoms with Crippen LogP contribution in [0.15, 0.2) is 0 Å². The molecular formula is C16H26N4O3. The van der Waals surface area contributed by atoms with Gasteiger partial charge < -0.3 is 20.5 Å². The molecule has 0 saturated carbocycles. The summed E-state index contributed by atoms with van der Waals surface area (Å²) in [5.41, 5.74) is 2.01. The summed E-state index contributed by atoms with van der Waals surface area (Å²) >= 11 is 0. The smallest absolute Gasteiger partial charge is 0.253 e. The molecule has 1 heterocycles. The van der Waals surface area contributed by atoms with Gasteiger partial charge in [-0.1, -0.05) is 13.8 Å². The van der Waals surface area contributed by atoms with Gasteiger partial charge in [0.2, 0.25) is 5.91 Å². The van der Waals surface area contributed by atoms with Gasteiger partial charge in [0.1, 0.15) is 0 Å². The highest BCUT2D eigenvalue weighted by Crippen LogP contribution is 2.16. The van der Waals surface area contributed by atoms with Gasteiger partial charge in [0.25, 0.3) is 5.91 Å². The minimum Gasteiger partial charge on any atom is -0.356 e. The number of likely N-dealkylation sites (N-methyl/N-ethyl adjacent to an activating group) is 1. The zero-order valence-electron chi connectivity index (χ0n) is 14.3. The molecule has 1 aromatic rings. The third kappa shape index (κ3) is 5.21. The SMILES string of the molecule is CCN(CC)CCNC(=O)CNC(=O)c1c(C)[nH]c(C=O)c1C. The van der Waals surface area contributed by atoms with Crippen molar-refractivity contribution < 1.29 is 14.4 Å². The van der Waals surface area contributed by atoms with Crippen LogP contribution in [0.2, 0.25) is 0 Å². The Labute approximate surface area is 136 Å². The number of hydrogen-bond donors (Lipinski definition) is 3. The largest absolute Gasteiger partial charge is 0.356 e. The number of amides is 2. The number of aldehydes is 1. The Morgan fingerprint density at radius 1 is 1.17 bits per heavy atom. The third-order valence-electron chi connectivity index (χ3n) is 3.88. The molecule has 0 aliphatic rings. The summed E-state index contributed by atoms with van der Waals surface area (Å²) in [6.45, 7) is 10.7. The number of carbonyl (C=O) groups is 3. The van der Waals surface area contributed by atoms with Crippen LogP contribution in [0, 0.1) is 13.8 Å². The van der Waals surface area contributed by atoms with E-state index in [4.69, 9.17) is 0 Å². The molecule has 0 unspecified atom stereocenters.